The van der Waals surface area contributed by atoms with Crippen LogP contribution < -0.4 is 5.32 Å². The summed E-state index contributed by atoms with van der Waals surface area (Å²) in [6.07, 6.45) is 7.04. The summed E-state index contributed by atoms with van der Waals surface area (Å²) < 4.78 is 1.89. The van der Waals surface area contributed by atoms with Crippen LogP contribution in [0, 0.1) is 0 Å². The molecule has 1 aliphatic heterocycles. The Morgan fingerprint density at radius 1 is 1.23 bits per heavy atom. The molecule has 1 aromatic carbocycles. The molecule has 136 valence electrons. The Bertz CT molecular complexity index is 829. The maximum absolute atomic E-state index is 12.6. The second kappa shape index (κ2) is 7.57. The number of rotatable bonds is 5. The van der Waals surface area contributed by atoms with Gasteiger partial charge < -0.3 is 5.32 Å². The van der Waals surface area contributed by atoms with Crippen molar-refractivity contribution in [2.45, 2.75) is 56.1 Å². The molecule has 0 spiro atoms. The van der Waals surface area contributed by atoms with E-state index < -0.39 is 0 Å². The number of nitrogens with zero attached hydrogens (tertiary/aromatic N) is 4. The molecule has 1 aliphatic carbocycles. The SMILES string of the molecule is O=C1CCc2cc(C(=O)CSc3nnnn3C3CCCCC3)ccc2N1. The number of thioether (sulfide) groups is 1. The number of hydrogen-bond donors (Lipinski definition) is 1. The molecular formula is C18H21N5O2S. The molecule has 0 unspecified atom stereocenters. The van der Waals surface area contributed by atoms with Gasteiger partial charge in [0.1, 0.15) is 0 Å². The Balaban J connectivity index is 1.42. The van der Waals surface area contributed by atoms with Crippen molar-refractivity contribution in [3.8, 4) is 0 Å². The number of Topliss-reactive ketones (excluding diaryl/α,β-unsaturated/α-hetero) is 1. The summed E-state index contributed by atoms with van der Waals surface area (Å²) >= 11 is 1.40. The predicted octanol–water partition coefficient (Wildman–Crippen LogP) is 3.04. The highest BCUT2D eigenvalue weighted by Gasteiger charge is 2.21. The quantitative estimate of drug-likeness (QED) is 0.642. The van der Waals surface area contributed by atoms with Crippen LogP contribution in [0.25, 0.3) is 0 Å². The van der Waals surface area contributed by atoms with Gasteiger partial charge in [0.2, 0.25) is 11.1 Å². The van der Waals surface area contributed by atoms with Gasteiger partial charge >= 0.3 is 0 Å². The van der Waals surface area contributed by atoms with E-state index in [1.165, 1.54) is 31.0 Å². The monoisotopic (exact) mass is 371 g/mol. The van der Waals surface area contributed by atoms with Crippen LogP contribution in [0.15, 0.2) is 23.4 Å². The number of hydrogen-bond acceptors (Lipinski definition) is 6. The zero-order valence-corrected chi connectivity index (χ0v) is 15.3. The van der Waals surface area contributed by atoms with Crippen LogP contribution >= 0.6 is 11.8 Å². The van der Waals surface area contributed by atoms with Crippen molar-refractivity contribution < 1.29 is 9.59 Å². The minimum Gasteiger partial charge on any atom is -0.326 e. The lowest BCUT2D eigenvalue weighted by atomic mass is 9.96. The van der Waals surface area contributed by atoms with Crippen LogP contribution in [-0.4, -0.2) is 37.7 Å². The predicted molar refractivity (Wildman–Crippen MR) is 98.4 cm³/mol. The van der Waals surface area contributed by atoms with Gasteiger partial charge in [-0.05, 0) is 53.5 Å². The molecule has 1 saturated carbocycles. The largest absolute Gasteiger partial charge is 0.326 e. The van der Waals surface area contributed by atoms with Crippen molar-refractivity contribution in [3.63, 3.8) is 0 Å². The highest BCUT2D eigenvalue weighted by Crippen LogP contribution is 2.30. The fraction of sp³-hybridized carbons (Fsp3) is 0.500. The summed E-state index contributed by atoms with van der Waals surface area (Å²) in [5, 5.41) is 15.6. The Kier molecular flexibility index (Phi) is 5.01. The zero-order chi connectivity index (χ0) is 17.9. The number of aromatic nitrogens is 4. The third kappa shape index (κ3) is 3.65. The first kappa shape index (κ1) is 17.2. The molecule has 1 aromatic heterocycles. The topological polar surface area (TPSA) is 89.8 Å². The van der Waals surface area contributed by atoms with Gasteiger partial charge in [0.05, 0.1) is 11.8 Å². The lowest BCUT2D eigenvalue weighted by molar-refractivity contribution is -0.116. The summed E-state index contributed by atoms with van der Waals surface area (Å²) in [5.74, 6) is 0.382. The number of amides is 1. The third-order valence-electron chi connectivity index (χ3n) is 5.04. The van der Waals surface area contributed by atoms with E-state index in [-0.39, 0.29) is 11.7 Å². The van der Waals surface area contributed by atoms with Crippen LogP contribution in [0.2, 0.25) is 0 Å². The molecule has 0 saturated heterocycles. The minimum atomic E-state index is 0.0293. The van der Waals surface area contributed by atoms with Crippen molar-refractivity contribution in [2.75, 3.05) is 11.1 Å². The van der Waals surface area contributed by atoms with Crippen LogP contribution in [-0.2, 0) is 11.2 Å². The Labute approximate surface area is 155 Å². The molecule has 0 atom stereocenters. The summed E-state index contributed by atoms with van der Waals surface area (Å²) in [4.78, 5) is 24.0. The average Bonchev–Trinajstić information content (AvgIpc) is 3.15. The van der Waals surface area contributed by atoms with E-state index in [1.807, 2.05) is 16.8 Å². The second-order valence-corrected chi connectivity index (χ2v) is 7.77. The van der Waals surface area contributed by atoms with Crippen LogP contribution in [0.1, 0.15) is 60.5 Å². The zero-order valence-electron chi connectivity index (χ0n) is 14.5. The molecule has 1 N–H and O–H groups in total. The number of carbonyl (C=O) groups excluding carboxylic acids is 2. The number of tetrazole rings is 1. The molecule has 2 aromatic rings. The first-order valence-corrected chi connectivity index (χ1v) is 10.1. The van der Waals surface area contributed by atoms with E-state index in [2.05, 4.69) is 20.8 Å². The van der Waals surface area contributed by atoms with Crippen molar-refractivity contribution in [1.82, 2.24) is 20.2 Å². The molecular weight excluding hydrogens is 350 g/mol. The molecule has 8 heteroatoms. The smallest absolute Gasteiger partial charge is 0.224 e. The lowest BCUT2D eigenvalue weighted by Crippen LogP contribution is -2.19. The number of benzene rings is 1. The number of anilines is 1. The number of ketones is 1. The van der Waals surface area contributed by atoms with Crippen molar-refractivity contribution in [2.24, 2.45) is 0 Å². The second-order valence-electron chi connectivity index (χ2n) is 6.83. The van der Waals surface area contributed by atoms with Crippen molar-refractivity contribution in [1.29, 1.82) is 0 Å². The van der Waals surface area contributed by atoms with Gasteiger partial charge in [-0.25, -0.2) is 4.68 Å². The van der Waals surface area contributed by atoms with E-state index in [0.717, 1.165) is 29.2 Å². The van der Waals surface area contributed by atoms with Crippen LogP contribution in [0.5, 0.6) is 0 Å². The maximum atomic E-state index is 12.6. The summed E-state index contributed by atoms with van der Waals surface area (Å²) in [6, 6.07) is 5.83. The van der Waals surface area contributed by atoms with Gasteiger partial charge in [-0.1, -0.05) is 31.0 Å². The minimum absolute atomic E-state index is 0.0293. The molecule has 7 nitrogen and oxygen atoms in total. The van der Waals surface area contributed by atoms with E-state index in [9.17, 15) is 9.59 Å². The first-order valence-electron chi connectivity index (χ1n) is 9.07. The molecule has 4 rings (SSSR count). The molecule has 2 aliphatic rings. The van der Waals surface area contributed by atoms with Gasteiger partial charge in [0.25, 0.3) is 0 Å². The van der Waals surface area contributed by atoms with Crippen molar-refractivity contribution >= 4 is 29.1 Å². The normalized spacial score (nSPS) is 17.6. The highest BCUT2D eigenvalue weighted by atomic mass is 32.2. The van der Waals surface area contributed by atoms with Gasteiger partial charge in [0, 0.05) is 17.7 Å². The van der Waals surface area contributed by atoms with Gasteiger partial charge in [-0.2, -0.15) is 0 Å². The molecule has 2 heterocycles. The standard InChI is InChI=1S/C18H21N5O2S/c24-16(13-6-8-15-12(10-13)7-9-17(25)19-15)11-26-18-20-21-22-23(18)14-4-2-1-3-5-14/h6,8,10,14H,1-5,7,9,11H2,(H,19,25). The average molecular weight is 371 g/mol. The highest BCUT2D eigenvalue weighted by molar-refractivity contribution is 7.99. The molecule has 1 amide bonds. The van der Waals surface area contributed by atoms with E-state index in [4.69, 9.17) is 0 Å². The summed E-state index contributed by atoms with van der Waals surface area (Å²) in [5.41, 5.74) is 2.50. The first-order chi connectivity index (χ1) is 12.7. The number of nitrogens with one attached hydrogen (secondary N) is 1. The summed E-state index contributed by atoms with van der Waals surface area (Å²) in [6.45, 7) is 0. The Hall–Kier alpha value is -2.22. The van der Waals surface area contributed by atoms with Gasteiger partial charge in [-0.3, -0.25) is 9.59 Å². The fourth-order valence-corrected chi connectivity index (χ4v) is 4.44. The van der Waals surface area contributed by atoms with Gasteiger partial charge in [0.15, 0.2) is 5.78 Å². The molecule has 1 fully saturated rings. The summed E-state index contributed by atoms with van der Waals surface area (Å²) in [7, 11) is 0. The fourth-order valence-electron chi connectivity index (χ4n) is 3.61. The number of aryl methyl sites for hydroxylation is 1. The number of carbonyl (C=O) groups is 2. The molecule has 0 radical (unpaired) electrons. The maximum Gasteiger partial charge on any atom is 0.224 e. The Morgan fingerprint density at radius 2 is 2.08 bits per heavy atom. The molecule has 26 heavy (non-hydrogen) atoms. The van der Waals surface area contributed by atoms with E-state index in [0.29, 0.717) is 30.2 Å². The van der Waals surface area contributed by atoms with E-state index in [1.54, 1.807) is 6.07 Å². The number of fused-ring (bicyclic) bond motifs is 1. The molecule has 0 bridgehead atoms. The third-order valence-corrected chi connectivity index (χ3v) is 5.97. The van der Waals surface area contributed by atoms with Crippen LogP contribution in [0.4, 0.5) is 5.69 Å². The van der Waals surface area contributed by atoms with Crippen LogP contribution in [0.3, 0.4) is 0 Å². The Morgan fingerprint density at radius 3 is 2.92 bits per heavy atom. The van der Waals surface area contributed by atoms with Crippen molar-refractivity contribution in [3.05, 3.63) is 29.3 Å². The van der Waals surface area contributed by atoms with E-state index >= 15 is 0 Å². The lowest BCUT2D eigenvalue weighted by Gasteiger charge is -2.21. The van der Waals surface area contributed by atoms with Gasteiger partial charge in [-0.15, -0.1) is 5.10 Å².